The van der Waals surface area contributed by atoms with Crippen molar-refractivity contribution in [2.24, 2.45) is 0 Å². The molecule has 1 aromatic carbocycles. The number of hydrogen-bond donors (Lipinski definition) is 1. The van der Waals surface area contributed by atoms with Crippen LogP contribution in [-0.4, -0.2) is 36.8 Å². The monoisotopic (exact) mass is 286 g/mol. The Balaban J connectivity index is 2.14. The van der Waals surface area contributed by atoms with Crippen LogP contribution in [0.2, 0.25) is 0 Å². The van der Waals surface area contributed by atoms with Gasteiger partial charge in [0.2, 0.25) is 10.0 Å². The van der Waals surface area contributed by atoms with Crippen LogP contribution in [0.5, 0.6) is 0 Å². The van der Waals surface area contributed by atoms with Crippen LogP contribution in [0.15, 0.2) is 24.3 Å². The molecule has 100 valence electrons. The maximum atomic E-state index is 12.3. The molecule has 1 aliphatic heterocycles. The third-order valence-corrected chi connectivity index (χ3v) is 5.92. The predicted molar refractivity (Wildman–Crippen MR) is 77.0 cm³/mol. The minimum Gasteiger partial charge on any atom is -0.398 e. The van der Waals surface area contributed by atoms with Crippen molar-refractivity contribution >= 4 is 27.5 Å². The molecule has 0 saturated carbocycles. The lowest BCUT2D eigenvalue weighted by atomic mass is 10.2. The van der Waals surface area contributed by atoms with E-state index in [1.54, 1.807) is 16.4 Å². The summed E-state index contributed by atoms with van der Waals surface area (Å²) in [5, 5.41) is 0.363. The molecule has 0 bridgehead atoms. The van der Waals surface area contributed by atoms with Crippen molar-refractivity contribution in [3.8, 4) is 0 Å². The van der Waals surface area contributed by atoms with Crippen molar-refractivity contribution in [2.45, 2.75) is 17.9 Å². The largest absolute Gasteiger partial charge is 0.398 e. The van der Waals surface area contributed by atoms with Gasteiger partial charge in [-0.2, -0.15) is 16.1 Å². The molecule has 0 amide bonds. The number of sulfonamides is 1. The van der Waals surface area contributed by atoms with Crippen molar-refractivity contribution in [3.63, 3.8) is 0 Å². The maximum absolute atomic E-state index is 12.3. The molecule has 4 nitrogen and oxygen atoms in total. The lowest BCUT2D eigenvalue weighted by Gasteiger charge is -2.29. The molecule has 1 aromatic rings. The van der Waals surface area contributed by atoms with Gasteiger partial charge in [-0.05, 0) is 11.6 Å². The number of para-hydroxylation sites is 1. The predicted octanol–water partition coefficient (Wildman–Crippen LogP) is 1.54. The molecular weight excluding hydrogens is 268 g/mol. The van der Waals surface area contributed by atoms with Crippen molar-refractivity contribution in [1.82, 2.24) is 4.31 Å². The third kappa shape index (κ3) is 3.18. The van der Waals surface area contributed by atoms with Crippen LogP contribution in [0.4, 0.5) is 5.69 Å². The SMILES string of the molecule is CC1CN(S(=O)(=O)Cc2ccccc2N)CCS1. The highest BCUT2D eigenvalue weighted by Gasteiger charge is 2.27. The van der Waals surface area contributed by atoms with Gasteiger partial charge in [-0.15, -0.1) is 0 Å². The fraction of sp³-hybridized carbons (Fsp3) is 0.500. The average molecular weight is 286 g/mol. The van der Waals surface area contributed by atoms with Gasteiger partial charge in [-0.25, -0.2) is 8.42 Å². The molecule has 1 aliphatic rings. The Morgan fingerprint density at radius 1 is 1.44 bits per heavy atom. The van der Waals surface area contributed by atoms with E-state index in [1.165, 1.54) is 0 Å². The van der Waals surface area contributed by atoms with Gasteiger partial charge >= 0.3 is 0 Å². The second-order valence-electron chi connectivity index (χ2n) is 4.49. The highest BCUT2D eigenvalue weighted by Crippen LogP contribution is 2.23. The van der Waals surface area contributed by atoms with Gasteiger partial charge in [0.25, 0.3) is 0 Å². The molecule has 6 heteroatoms. The molecule has 2 N–H and O–H groups in total. The quantitative estimate of drug-likeness (QED) is 0.856. The van der Waals surface area contributed by atoms with Gasteiger partial charge < -0.3 is 5.73 Å². The Morgan fingerprint density at radius 2 is 2.17 bits per heavy atom. The molecule has 0 radical (unpaired) electrons. The van der Waals surface area contributed by atoms with Gasteiger partial charge in [0.15, 0.2) is 0 Å². The molecule has 1 unspecified atom stereocenters. The molecule has 0 aromatic heterocycles. The van der Waals surface area contributed by atoms with Crippen LogP contribution in [0.1, 0.15) is 12.5 Å². The summed E-state index contributed by atoms with van der Waals surface area (Å²) in [4.78, 5) is 0. The van der Waals surface area contributed by atoms with Crippen LogP contribution in [0.25, 0.3) is 0 Å². The Morgan fingerprint density at radius 3 is 2.83 bits per heavy atom. The summed E-state index contributed by atoms with van der Waals surface area (Å²) in [6, 6.07) is 7.13. The highest BCUT2D eigenvalue weighted by molar-refractivity contribution is 8.00. The van der Waals surface area contributed by atoms with Gasteiger partial charge in [0.1, 0.15) is 0 Å². The summed E-state index contributed by atoms with van der Waals surface area (Å²) in [7, 11) is -3.25. The van der Waals surface area contributed by atoms with Crippen LogP contribution in [0.3, 0.4) is 0 Å². The van der Waals surface area contributed by atoms with Crippen LogP contribution in [0, 0.1) is 0 Å². The number of rotatable bonds is 3. The molecule has 1 atom stereocenters. The van der Waals surface area contributed by atoms with E-state index in [-0.39, 0.29) is 5.75 Å². The molecule has 0 spiro atoms. The number of thioether (sulfide) groups is 1. The molecule has 0 aliphatic carbocycles. The smallest absolute Gasteiger partial charge is 0.218 e. The van der Waals surface area contributed by atoms with Crippen molar-refractivity contribution in [3.05, 3.63) is 29.8 Å². The maximum Gasteiger partial charge on any atom is 0.218 e. The summed E-state index contributed by atoms with van der Waals surface area (Å²) < 4.78 is 26.2. The zero-order valence-electron chi connectivity index (χ0n) is 10.4. The average Bonchev–Trinajstić information content (AvgIpc) is 2.32. The van der Waals surface area contributed by atoms with Gasteiger partial charge in [-0.3, -0.25) is 0 Å². The summed E-state index contributed by atoms with van der Waals surface area (Å²) >= 11 is 1.82. The first-order valence-electron chi connectivity index (χ1n) is 5.92. The van der Waals surface area contributed by atoms with Crippen LogP contribution < -0.4 is 5.73 Å². The lowest BCUT2D eigenvalue weighted by molar-refractivity contribution is 0.423. The highest BCUT2D eigenvalue weighted by atomic mass is 32.2. The fourth-order valence-corrected chi connectivity index (χ4v) is 4.87. The molecular formula is C12H18N2O2S2. The van der Waals surface area contributed by atoms with E-state index in [4.69, 9.17) is 5.73 Å². The number of anilines is 1. The van der Waals surface area contributed by atoms with Gasteiger partial charge in [-0.1, -0.05) is 25.1 Å². The Hall–Kier alpha value is -0.720. The normalized spacial score (nSPS) is 21.9. The molecule has 1 fully saturated rings. The molecule has 18 heavy (non-hydrogen) atoms. The van der Waals surface area contributed by atoms with E-state index in [0.717, 1.165) is 5.75 Å². The summed E-state index contributed by atoms with van der Waals surface area (Å²) in [5.41, 5.74) is 7.02. The standard InChI is InChI=1S/C12H18N2O2S2/c1-10-8-14(6-7-17-10)18(15,16)9-11-4-2-3-5-12(11)13/h2-5,10H,6-9,13H2,1H3. The summed E-state index contributed by atoms with van der Waals surface area (Å²) in [6.07, 6.45) is 0. The van der Waals surface area contributed by atoms with Crippen molar-refractivity contribution in [2.75, 3.05) is 24.6 Å². The number of benzene rings is 1. The van der Waals surface area contributed by atoms with Crippen LogP contribution >= 0.6 is 11.8 Å². The van der Waals surface area contributed by atoms with E-state index in [0.29, 0.717) is 29.6 Å². The van der Waals surface area contributed by atoms with Crippen molar-refractivity contribution < 1.29 is 8.42 Å². The van der Waals surface area contributed by atoms with Crippen molar-refractivity contribution in [1.29, 1.82) is 0 Å². The Kier molecular flexibility index (Phi) is 4.19. The zero-order valence-corrected chi connectivity index (χ0v) is 12.0. The number of hydrogen-bond acceptors (Lipinski definition) is 4. The van der Waals surface area contributed by atoms with E-state index < -0.39 is 10.0 Å². The minimum absolute atomic E-state index is 0.00292. The van der Waals surface area contributed by atoms with E-state index >= 15 is 0 Å². The lowest BCUT2D eigenvalue weighted by Crippen LogP contribution is -2.41. The van der Waals surface area contributed by atoms with E-state index in [9.17, 15) is 8.42 Å². The van der Waals surface area contributed by atoms with E-state index in [2.05, 4.69) is 6.92 Å². The zero-order chi connectivity index (χ0) is 13.2. The molecule has 1 heterocycles. The van der Waals surface area contributed by atoms with Gasteiger partial charge in [0, 0.05) is 29.8 Å². The number of nitrogens with two attached hydrogens (primary N) is 1. The Labute approximate surface area is 113 Å². The fourth-order valence-electron chi connectivity index (χ4n) is 1.99. The molecule has 2 rings (SSSR count). The topological polar surface area (TPSA) is 63.4 Å². The number of nitrogens with zero attached hydrogens (tertiary/aromatic N) is 1. The van der Waals surface area contributed by atoms with Gasteiger partial charge in [0.05, 0.1) is 5.75 Å². The number of nitrogen functional groups attached to an aromatic ring is 1. The third-order valence-electron chi connectivity index (χ3n) is 2.99. The first kappa shape index (κ1) is 13.7. The summed E-state index contributed by atoms with van der Waals surface area (Å²) in [6.45, 7) is 3.26. The Bertz CT molecular complexity index is 517. The van der Waals surface area contributed by atoms with Crippen LogP contribution in [-0.2, 0) is 15.8 Å². The summed E-state index contributed by atoms with van der Waals surface area (Å²) in [5.74, 6) is 0.863. The molecule has 1 saturated heterocycles. The first-order chi connectivity index (χ1) is 8.49. The minimum atomic E-state index is -3.25. The second-order valence-corrected chi connectivity index (χ2v) is 8.01. The first-order valence-corrected chi connectivity index (χ1v) is 8.57. The van der Waals surface area contributed by atoms with E-state index in [1.807, 2.05) is 23.9 Å². The second kappa shape index (κ2) is 5.50.